The largest absolute Gasteiger partial charge is 0.396 e. The molecule has 106 valence electrons. The van der Waals surface area contributed by atoms with Gasteiger partial charge in [0.1, 0.15) is 10.7 Å². The first-order valence-corrected chi connectivity index (χ1v) is 7.76. The van der Waals surface area contributed by atoms with E-state index in [4.69, 9.17) is 5.11 Å². The van der Waals surface area contributed by atoms with Crippen molar-refractivity contribution in [3.8, 4) is 0 Å². The second-order valence-corrected chi connectivity index (χ2v) is 6.87. The zero-order valence-corrected chi connectivity index (χ0v) is 11.7. The Morgan fingerprint density at radius 3 is 2.89 bits per heavy atom. The van der Waals surface area contributed by atoms with Crippen molar-refractivity contribution in [2.45, 2.75) is 24.7 Å². The fourth-order valence-corrected chi connectivity index (χ4v) is 4.06. The predicted molar refractivity (Wildman–Crippen MR) is 69.7 cm³/mol. The molecule has 1 fully saturated rings. The maximum atomic E-state index is 13.7. The minimum absolute atomic E-state index is 0.0529. The molecule has 0 aliphatic carbocycles. The summed E-state index contributed by atoms with van der Waals surface area (Å²) in [6.07, 6.45) is 1.30. The van der Waals surface area contributed by atoms with Crippen molar-refractivity contribution >= 4 is 10.0 Å². The van der Waals surface area contributed by atoms with E-state index in [-0.39, 0.29) is 17.4 Å². The smallest absolute Gasteiger partial charge is 0.246 e. The molecule has 0 saturated carbocycles. The van der Waals surface area contributed by atoms with Gasteiger partial charge in [0, 0.05) is 19.7 Å². The highest BCUT2D eigenvalue weighted by atomic mass is 32.2. The van der Waals surface area contributed by atoms with E-state index in [0.29, 0.717) is 31.5 Å². The molecule has 0 bridgehead atoms. The lowest BCUT2D eigenvalue weighted by molar-refractivity contribution is 0.259. The molecular formula is C13H18FNO3S. The van der Waals surface area contributed by atoms with Crippen LogP contribution in [0.5, 0.6) is 0 Å². The van der Waals surface area contributed by atoms with Crippen LogP contribution in [0.2, 0.25) is 0 Å². The van der Waals surface area contributed by atoms with Crippen LogP contribution in [0, 0.1) is 18.7 Å². The topological polar surface area (TPSA) is 57.6 Å². The second-order valence-electron chi connectivity index (χ2n) is 4.96. The summed E-state index contributed by atoms with van der Waals surface area (Å²) in [5.41, 5.74) is 0.714. The van der Waals surface area contributed by atoms with Crippen LogP contribution in [0.1, 0.15) is 18.4 Å². The van der Waals surface area contributed by atoms with Gasteiger partial charge in [-0.25, -0.2) is 12.8 Å². The number of benzene rings is 1. The zero-order chi connectivity index (χ0) is 14.0. The summed E-state index contributed by atoms with van der Waals surface area (Å²) in [7, 11) is -3.77. The molecule has 0 spiro atoms. The zero-order valence-electron chi connectivity index (χ0n) is 10.8. The lowest BCUT2D eigenvalue weighted by atomic mass is 10.1. The molecule has 1 heterocycles. The van der Waals surface area contributed by atoms with Crippen LogP contribution in [0.25, 0.3) is 0 Å². The summed E-state index contributed by atoms with van der Waals surface area (Å²) < 4.78 is 39.8. The van der Waals surface area contributed by atoms with Gasteiger partial charge in [-0.15, -0.1) is 0 Å². The molecule has 1 aliphatic heterocycles. The number of sulfonamides is 1. The van der Waals surface area contributed by atoms with Crippen molar-refractivity contribution in [1.82, 2.24) is 4.31 Å². The normalized spacial score (nSPS) is 20.9. The maximum absolute atomic E-state index is 13.7. The van der Waals surface area contributed by atoms with Crippen LogP contribution in [-0.4, -0.2) is 37.5 Å². The van der Waals surface area contributed by atoms with Gasteiger partial charge in [0.2, 0.25) is 10.0 Å². The average molecular weight is 287 g/mol. The number of rotatable bonds is 4. The average Bonchev–Trinajstić information content (AvgIpc) is 2.82. The van der Waals surface area contributed by atoms with E-state index in [1.807, 2.05) is 0 Å². The van der Waals surface area contributed by atoms with Crippen molar-refractivity contribution in [2.24, 2.45) is 5.92 Å². The number of aliphatic hydroxyl groups is 1. The monoisotopic (exact) mass is 287 g/mol. The molecule has 2 rings (SSSR count). The third kappa shape index (κ3) is 2.96. The molecule has 0 radical (unpaired) electrons. The lowest BCUT2D eigenvalue weighted by Gasteiger charge is -2.17. The van der Waals surface area contributed by atoms with Crippen molar-refractivity contribution in [1.29, 1.82) is 0 Å². The minimum Gasteiger partial charge on any atom is -0.396 e. The van der Waals surface area contributed by atoms with Gasteiger partial charge in [-0.3, -0.25) is 0 Å². The van der Waals surface area contributed by atoms with Crippen molar-refractivity contribution in [3.63, 3.8) is 0 Å². The fourth-order valence-electron chi connectivity index (χ4n) is 2.38. The molecular weight excluding hydrogens is 269 g/mol. The summed E-state index contributed by atoms with van der Waals surface area (Å²) in [5, 5.41) is 8.89. The Kier molecular flexibility index (Phi) is 4.23. The van der Waals surface area contributed by atoms with Gasteiger partial charge in [0.15, 0.2) is 0 Å². The highest BCUT2D eigenvalue weighted by Crippen LogP contribution is 2.27. The van der Waals surface area contributed by atoms with Gasteiger partial charge in [-0.1, -0.05) is 6.07 Å². The molecule has 1 aromatic rings. The summed E-state index contributed by atoms with van der Waals surface area (Å²) in [4.78, 5) is -0.253. The fraction of sp³-hybridized carbons (Fsp3) is 0.538. The molecule has 1 aromatic carbocycles. The Morgan fingerprint density at radius 2 is 2.21 bits per heavy atom. The first kappa shape index (κ1) is 14.4. The second kappa shape index (κ2) is 5.56. The highest BCUT2D eigenvalue weighted by molar-refractivity contribution is 7.89. The molecule has 1 N–H and O–H groups in total. The van der Waals surface area contributed by atoms with Crippen LogP contribution < -0.4 is 0 Å². The number of hydrogen-bond acceptors (Lipinski definition) is 3. The van der Waals surface area contributed by atoms with Gasteiger partial charge in [-0.05, 0) is 43.4 Å². The van der Waals surface area contributed by atoms with E-state index in [2.05, 4.69) is 0 Å². The predicted octanol–water partition coefficient (Wildman–Crippen LogP) is 1.53. The van der Waals surface area contributed by atoms with Crippen LogP contribution in [0.3, 0.4) is 0 Å². The molecule has 1 atom stereocenters. The molecule has 0 amide bonds. The molecule has 19 heavy (non-hydrogen) atoms. The van der Waals surface area contributed by atoms with Gasteiger partial charge in [0.25, 0.3) is 0 Å². The molecule has 6 heteroatoms. The summed E-state index contributed by atoms with van der Waals surface area (Å²) >= 11 is 0. The maximum Gasteiger partial charge on any atom is 0.246 e. The van der Waals surface area contributed by atoms with E-state index < -0.39 is 15.8 Å². The summed E-state index contributed by atoms with van der Waals surface area (Å²) in [6, 6.07) is 4.10. The molecule has 0 aromatic heterocycles. The van der Waals surface area contributed by atoms with E-state index in [1.165, 1.54) is 16.4 Å². The standard InChI is InChI=1S/C13H18FNO3S/c1-10-2-3-12(14)13(8-10)19(17,18)15-6-4-11(9-15)5-7-16/h2-3,8,11,16H,4-7,9H2,1H3. The third-order valence-electron chi connectivity index (χ3n) is 3.49. The van der Waals surface area contributed by atoms with Crippen molar-refractivity contribution in [3.05, 3.63) is 29.6 Å². The molecule has 1 aliphatic rings. The first-order valence-electron chi connectivity index (χ1n) is 6.32. The highest BCUT2D eigenvalue weighted by Gasteiger charge is 2.33. The Morgan fingerprint density at radius 1 is 1.47 bits per heavy atom. The Balaban J connectivity index is 2.26. The van der Waals surface area contributed by atoms with E-state index >= 15 is 0 Å². The Hall–Kier alpha value is -0.980. The van der Waals surface area contributed by atoms with E-state index in [0.717, 1.165) is 0 Å². The van der Waals surface area contributed by atoms with E-state index in [9.17, 15) is 12.8 Å². The van der Waals surface area contributed by atoms with E-state index in [1.54, 1.807) is 13.0 Å². The number of nitrogens with zero attached hydrogens (tertiary/aromatic N) is 1. The van der Waals surface area contributed by atoms with Gasteiger partial charge in [0.05, 0.1) is 0 Å². The first-order chi connectivity index (χ1) is 8.95. The Bertz CT molecular complexity index is 559. The summed E-state index contributed by atoms with van der Waals surface area (Å²) in [5.74, 6) is -0.552. The van der Waals surface area contributed by atoms with Crippen LogP contribution in [0.15, 0.2) is 23.1 Å². The SMILES string of the molecule is Cc1ccc(F)c(S(=O)(=O)N2CCC(CCO)C2)c1. The molecule has 1 unspecified atom stereocenters. The Labute approximate surface area is 112 Å². The van der Waals surface area contributed by atoms with Crippen molar-refractivity contribution in [2.75, 3.05) is 19.7 Å². The van der Waals surface area contributed by atoms with Crippen LogP contribution in [-0.2, 0) is 10.0 Å². The van der Waals surface area contributed by atoms with Gasteiger partial charge in [-0.2, -0.15) is 4.31 Å². The quantitative estimate of drug-likeness (QED) is 0.913. The molecule has 1 saturated heterocycles. The van der Waals surface area contributed by atoms with Crippen molar-refractivity contribution < 1.29 is 17.9 Å². The van der Waals surface area contributed by atoms with Crippen LogP contribution >= 0.6 is 0 Å². The minimum atomic E-state index is -3.77. The number of aliphatic hydroxyl groups excluding tert-OH is 1. The van der Waals surface area contributed by atoms with Gasteiger partial charge >= 0.3 is 0 Å². The van der Waals surface area contributed by atoms with Crippen LogP contribution in [0.4, 0.5) is 4.39 Å². The summed E-state index contributed by atoms with van der Waals surface area (Å²) in [6.45, 7) is 2.53. The molecule has 4 nitrogen and oxygen atoms in total. The number of hydrogen-bond donors (Lipinski definition) is 1. The van der Waals surface area contributed by atoms with Gasteiger partial charge < -0.3 is 5.11 Å². The number of halogens is 1. The number of aryl methyl sites for hydroxylation is 1. The third-order valence-corrected chi connectivity index (χ3v) is 5.37. The lowest BCUT2D eigenvalue weighted by Crippen LogP contribution is -2.29.